The van der Waals surface area contributed by atoms with Gasteiger partial charge in [0.2, 0.25) is 10.8 Å². The minimum atomic E-state index is -0.0642. The van der Waals surface area contributed by atoms with Crippen molar-refractivity contribution in [1.82, 2.24) is 19.5 Å². The van der Waals surface area contributed by atoms with Crippen molar-refractivity contribution >= 4 is 32.2 Å². The number of thiazole rings is 1. The first-order valence-electron chi connectivity index (χ1n) is 8.62. The van der Waals surface area contributed by atoms with Crippen molar-refractivity contribution in [2.75, 3.05) is 13.1 Å². The Hall–Kier alpha value is -1.48. The van der Waals surface area contributed by atoms with E-state index in [4.69, 9.17) is 4.74 Å². The Morgan fingerprint density at radius 2 is 1.88 bits per heavy atom. The summed E-state index contributed by atoms with van der Waals surface area (Å²) in [6.07, 6.45) is 0.284. The highest BCUT2D eigenvalue weighted by molar-refractivity contribution is 9.10. The summed E-state index contributed by atoms with van der Waals surface area (Å²) in [5, 5.41) is 15.2. The lowest BCUT2D eigenvalue weighted by atomic mass is 10.0. The molecule has 0 aliphatic carbocycles. The van der Waals surface area contributed by atoms with Crippen LogP contribution in [-0.4, -0.2) is 49.9 Å². The topological polar surface area (TPSA) is 62.9 Å². The normalized spacial score (nSPS) is 22.8. The Morgan fingerprint density at radius 1 is 1.23 bits per heavy atom. The Bertz CT molecular complexity index is 913. The third-order valence-corrected chi connectivity index (χ3v) is 6.15. The van der Waals surface area contributed by atoms with Gasteiger partial charge in [-0.2, -0.15) is 4.52 Å². The van der Waals surface area contributed by atoms with Crippen LogP contribution < -0.4 is 0 Å². The standard InChI is InChI=1S/C18H21BrN4O2S/c1-10-8-22(9-11(2)25-10)15(13-4-6-14(19)7-5-13)16-17(24)23-18(26-16)20-12(3)21-23/h4-7,10-11,15,24H,8-9H2,1-3H3/t10-,11+,15-/m1/s1. The van der Waals surface area contributed by atoms with E-state index in [0.29, 0.717) is 10.8 Å². The maximum Gasteiger partial charge on any atom is 0.230 e. The molecule has 8 heteroatoms. The molecule has 1 aliphatic heterocycles. The van der Waals surface area contributed by atoms with Gasteiger partial charge in [0.05, 0.1) is 23.1 Å². The molecule has 2 aromatic heterocycles. The van der Waals surface area contributed by atoms with Gasteiger partial charge in [-0.05, 0) is 38.5 Å². The number of hydrogen-bond donors (Lipinski definition) is 1. The highest BCUT2D eigenvalue weighted by Crippen LogP contribution is 2.41. The van der Waals surface area contributed by atoms with Gasteiger partial charge in [0.1, 0.15) is 5.82 Å². The molecule has 3 heterocycles. The van der Waals surface area contributed by atoms with Crippen LogP contribution in [0.15, 0.2) is 28.7 Å². The van der Waals surface area contributed by atoms with Gasteiger partial charge in [0.15, 0.2) is 0 Å². The van der Waals surface area contributed by atoms with Gasteiger partial charge in [0.25, 0.3) is 0 Å². The van der Waals surface area contributed by atoms with E-state index in [9.17, 15) is 5.11 Å². The average molecular weight is 437 g/mol. The number of aromatic nitrogens is 3. The minimum Gasteiger partial charge on any atom is -0.492 e. The largest absolute Gasteiger partial charge is 0.492 e. The van der Waals surface area contributed by atoms with Crippen molar-refractivity contribution in [2.24, 2.45) is 0 Å². The van der Waals surface area contributed by atoms with Crippen LogP contribution in [0.2, 0.25) is 0 Å². The van der Waals surface area contributed by atoms with Crippen LogP contribution in [0.4, 0.5) is 0 Å². The number of aryl methyl sites for hydroxylation is 1. The molecule has 1 fully saturated rings. The number of halogens is 1. The smallest absolute Gasteiger partial charge is 0.230 e. The fraction of sp³-hybridized carbons (Fsp3) is 0.444. The molecule has 0 unspecified atom stereocenters. The molecule has 0 bridgehead atoms. The van der Waals surface area contributed by atoms with Crippen molar-refractivity contribution in [1.29, 1.82) is 0 Å². The van der Waals surface area contributed by atoms with E-state index in [-0.39, 0.29) is 24.1 Å². The van der Waals surface area contributed by atoms with Gasteiger partial charge in [0, 0.05) is 17.6 Å². The lowest BCUT2D eigenvalue weighted by molar-refractivity contribution is -0.0764. The first-order chi connectivity index (χ1) is 12.4. The minimum absolute atomic E-state index is 0.0642. The van der Waals surface area contributed by atoms with Crippen LogP contribution >= 0.6 is 27.3 Å². The summed E-state index contributed by atoms with van der Waals surface area (Å²) < 4.78 is 8.48. The number of nitrogens with zero attached hydrogens (tertiary/aromatic N) is 4. The van der Waals surface area contributed by atoms with Gasteiger partial charge in [-0.1, -0.05) is 39.4 Å². The van der Waals surface area contributed by atoms with Crippen molar-refractivity contribution in [2.45, 2.75) is 39.0 Å². The van der Waals surface area contributed by atoms with E-state index in [1.54, 1.807) is 0 Å². The van der Waals surface area contributed by atoms with E-state index < -0.39 is 0 Å². The van der Waals surface area contributed by atoms with Gasteiger partial charge in [-0.3, -0.25) is 4.90 Å². The highest BCUT2D eigenvalue weighted by Gasteiger charge is 2.34. The summed E-state index contributed by atoms with van der Waals surface area (Å²) in [6, 6.07) is 8.20. The van der Waals surface area contributed by atoms with Crippen LogP contribution in [0.3, 0.4) is 0 Å². The van der Waals surface area contributed by atoms with Crippen LogP contribution in [0.25, 0.3) is 4.96 Å². The summed E-state index contributed by atoms with van der Waals surface area (Å²) in [4.78, 5) is 8.37. The second-order valence-corrected chi connectivity index (χ2v) is 8.73. The maximum absolute atomic E-state index is 10.9. The molecule has 1 N–H and O–H groups in total. The predicted octanol–water partition coefficient (Wildman–Crippen LogP) is 3.77. The monoisotopic (exact) mass is 436 g/mol. The van der Waals surface area contributed by atoms with Crippen LogP contribution in [0.5, 0.6) is 5.88 Å². The second-order valence-electron chi connectivity index (χ2n) is 6.81. The molecule has 6 nitrogen and oxygen atoms in total. The summed E-state index contributed by atoms with van der Waals surface area (Å²) in [7, 11) is 0. The fourth-order valence-corrected chi connectivity index (χ4v) is 5.05. The summed E-state index contributed by atoms with van der Waals surface area (Å²) in [5.41, 5.74) is 1.13. The number of benzene rings is 1. The molecular formula is C18H21BrN4O2S. The zero-order valence-corrected chi connectivity index (χ0v) is 17.3. The lowest BCUT2D eigenvalue weighted by Crippen LogP contribution is -2.47. The highest BCUT2D eigenvalue weighted by atomic mass is 79.9. The second kappa shape index (κ2) is 6.92. The number of aromatic hydroxyl groups is 1. The van der Waals surface area contributed by atoms with Crippen molar-refractivity contribution in [3.05, 3.63) is 45.0 Å². The summed E-state index contributed by atoms with van der Waals surface area (Å²) in [5.74, 6) is 0.831. The van der Waals surface area contributed by atoms with Gasteiger partial charge >= 0.3 is 0 Å². The van der Waals surface area contributed by atoms with E-state index in [1.807, 2.05) is 19.1 Å². The number of rotatable bonds is 3. The Morgan fingerprint density at radius 3 is 2.50 bits per heavy atom. The molecule has 1 aliphatic rings. The maximum atomic E-state index is 10.9. The molecule has 26 heavy (non-hydrogen) atoms. The van der Waals surface area contributed by atoms with Gasteiger partial charge in [-0.25, -0.2) is 4.98 Å². The zero-order chi connectivity index (χ0) is 18.4. The van der Waals surface area contributed by atoms with Crippen molar-refractivity contribution in [3.8, 4) is 5.88 Å². The Kier molecular flexibility index (Phi) is 4.77. The van der Waals surface area contributed by atoms with E-state index >= 15 is 0 Å². The molecule has 1 aromatic carbocycles. The number of hydrogen-bond acceptors (Lipinski definition) is 6. The molecule has 4 rings (SSSR count). The summed E-state index contributed by atoms with van der Waals surface area (Å²) >= 11 is 5.00. The van der Waals surface area contributed by atoms with Crippen molar-refractivity contribution < 1.29 is 9.84 Å². The molecule has 3 atom stereocenters. The van der Waals surface area contributed by atoms with E-state index in [0.717, 1.165) is 28.0 Å². The van der Waals surface area contributed by atoms with E-state index in [2.05, 4.69) is 56.9 Å². The van der Waals surface area contributed by atoms with Crippen LogP contribution in [0, 0.1) is 6.92 Å². The first kappa shape index (κ1) is 17.9. The molecule has 0 amide bonds. The lowest BCUT2D eigenvalue weighted by Gasteiger charge is -2.40. The third kappa shape index (κ3) is 3.26. The van der Waals surface area contributed by atoms with Gasteiger partial charge < -0.3 is 9.84 Å². The molecule has 0 spiro atoms. The quantitative estimate of drug-likeness (QED) is 0.676. The van der Waals surface area contributed by atoms with Crippen LogP contribution in [0.1, 0.15) is 36.2 Å². The number of fused-ring (bicyclic) bond motifs is 1. The van der Waals surface area contributed by atoms with Crippen molar-refractivity contribution in [3.63, 3.8) is 0 Å². The fourth-order valence-electron chi connectivity index (χ4n) is 3.63. The van der Waals surface area contributed by atoms with Crippen LogP contribution in [-0.2, 0) is 4.74 Å². The molecule has 138 valence electrons. The first-order valence-corrected chi connectivity index (χ1v) is 10.2. The SMILES string of the molecule is Cc1nc2sc([C@@H](c3ccc(Br)cc3)N3C[C@@H](C)O[C@@H](C)C3)c(O)n2n1. The average Bonchev–Trinajstić information content (AvgIpc) is 3.07. The molecular weight excluding hydrogens is 416 g/mol. The Labute approximate surface area is 164 Å². The number of morpholine rings is 1. The number of ether oxygens (including phenoxy) is 1. The third-order valence-electron chi connectivity index (χ3n) is 4.55. The zero-order valence-electron chi connectivity index (χ0n) is 14.9. The molecule has 3 aromatic rings. The summed E-state index contributed by atoms with van der Waals surface area (Å²) in [6.45, 7) is 7.62. The van der Waals surface area contributed by atoms with E-state index in [1.165, 1.54) is 15.9 Å². The molecule has 0 radical (unpaired) electrons. The Balaban J connectivity index is 1.82. The molecule has 0 saturated carbocycles. The predicted molar refractivity (Wildman–Crippen MR) is 105 cm³/mol. The molecule has 1 saturated heterocycles. The van der Waals surface area contributed by atoms with Gasteiger partial charge in [-0.15, -0.1) is 5.10 Å².